The van der Waals surface area contributed by atoms with E-state index in [4.69, 9.17) is 0 Å². The van der Waals surface area contributed by atoms with E-state index < -0.39 is 11.8 Å². The molecule has 0 atom stereocenters. The number of rotatable bonds is 5. The molecular weight excluding hydrogens is 511 g/mol. The molecule has 0 aliphatic heterocycles. The van der Waals surface area contributed by atoms with E-state index >= 15 is 4.39 Å². The highest BCUT2D eigenvalue weighted by molar-refractivity contribution is 6.00. The van der Waals surface area contributed by atoms with E-state index in [1.807, 2.05) is 20.8 Å². The van der Waals surface area contributed by atoms with E-state index in [9.17, 15) is 9.59 Å². The maximum Gasteiger partial charge on any atom is 0.324 e. The largest absolute Gasteiger partial charge is 0.357 e. The first-order valence-electron chi connectivity index (χ1n) is 13.5. The molecule has 11 heteroatoms. The molecule has 1 saturated carbocycles. The molecule has 0 bridgehead atoms. The van der Waals surface area contributed by atoms with Crippen molar-refractivity contribution in [3.05, 3.63) is 57.9 Å². The molecule has 1 fully saturated rings. The van der Waals surface area contributed by atoms with Crippen LogP contribution in [0.2, 0.25) is 0 Å². The Balaban J connectivity index is 1.53. The molecule has 3 aromatic heterocycles. The molecule has 5 rings (SSSR count). The van der Waals surface area contributed by atoms with Crippen LogP contribution < -0.4 is 21.5 Å². The molecule has 0 radical (unpaired) electrons. The number of benzene rings is 1. The van der Waals surface area contributed by atoms with Crippen molar-refractivity contribution in [1.82, 2.24) is 24.3 Å². The van der Waals surface area contributed by atoms with Crippen molar-refractivity contribution in [2.75, 3.05) is 23.0 Å². The highest BCUT2D eigenvalue weighted by atomic mass is 19.1. The van der Waals surface area contributed by atoms with Gasteiger partial charge in [0.15, 0.2) is 0 Å². The van der Waals surface area contributed by atoms with Gasteiger partial charge in [0, 0.05) is 48.8 Å². The Morgan fingerprint density at radius 3 is 2.45 bits per heavy atom. The second-order valence-electron chi connectivity index (χ2n) is 11.4. The molecule has 3 N–H and O–H groups in total. The van der Waals surface area contributed by atoms with Crippen LogP contribution in [0.1, 0.15) is 63.8 Å². The van der Waals surface area contributed by atoms with Gasteiger partial charge >= 0.3 is 6.03 Å². The molecule has 4 aromatic rings. The first-order chi connectivity index (χ1) is 19.0. The van der Waals surface area contributed by atoms with E-state index in [2.05, 4.69) is 31.0 Å². The molecule has 1 aliphatic carbocycles. The summed E-state index contributed by atoms with van der Waals surface area (Å²) in [7, 11) is 3.46. The maximum atomic E-state index is 15.1. The number of fused-ring (bicyclic) bond motifs is 1. The van der Waals surface area contributed by atoms with Gasteiger partial charge in [0.1, 0.15) is 17.3 Å². The third-order valence-corrected chi connectivity index (χ3v) is 7.43. The van der Waals surface area contributed by atoms with Crippen molar-refractivity contribution in [3.8, 4) is 11.1 Å². The van der Waals surface area contributed by atoms with Crippen LogP contribution in [0, 0.1) is 12.7 Å². The number of hydrogen-bond donors (Lipinski definition) is 3. The van der Waals surface area contributed by atoms with E-state index in [1.54, 1.807) is 48.6 Å². The maximum absolute atomic E-state index is 15.1. The van der Waals surface area contributed by atoms with Gasteiger partial charge in [-0.2, -0.15) is 10.1 Å². The number of nitrogens with one attached hydrogen (secondary N) is 3. The van der Waals surface area contributed by atoms with Gasteiger partial charge in [-0.3, -0.25) is 19.4 Å². The lowest BCUT2D eigenvalue weighted by Crippen LogP contribution is -2.26. The van der Waals surface area contributed by atoms with Gasteiger partial charge in [0.2, 0.25) is 5.95 Å². The number of anilines is 3. The fraction of sp³-hybridized carbons (Fsp3) is 0.414. The van der Waals surface area contributed by atoms with Crippen LogP contribution in [0.3, 0.4) is 0 Å². The molecule has 40 heavy (non-hydrogen) atoms. The summed E-state index contributed by atoms with van der Waals surface area (Å²) in [5.74, 6) is 0.311. The minimum absolute atomic E-state index is 0.0237. The Labute approximate surface area is 232 Å². The van der Waals surface area contributed by atoms with Gasteiger partial charge in [0.05, 0.1) is 11.4 Å². The number of amides is 2. The molecule has 210 valence electrons. The number of carbonyl (C=O) groups is 1. The Kier molecular flexibility index (Phi) is 7.07. The molecular formula is C29H35FN8O2. The van der Waals surface area contributed by atoms with Gasteiger partial charge in [-0.15, -0.1) is 0 Å². The predicted molar refractivity (Wildman–Crippen MR) is 156 cm³/mol. The normalized spacial score (nSPS) is 14.1. The summed E-state index contributed by atoms with van der Waals surface area (Å²) >= 11 is 0. The Hall–Kier alpha value is -4.28. The average Bonchev–Trinajstić information content (AvgIpc) is 3.55. The van der Waals surface area contributed by atoms with Crippen LogP contribution in [-0.2, 0) is 12.5 Å². The predicted octanol–water partition coefficient (Wildman–Crippen LogP) is 5.74. The third-order valence-electron chi connectivity index (χ3n) is 7.43. The van der Waals surface area contributed by atoms with Crippen LogP contribution in [0.25, 0.3) is 22.2 Å². The van der Waals surface area contributed by atoms with E-state index in [-0.39, 0.29) is 22.7 Å². The summed E-state index contributed by atoms with van der Waals surface area (Å²) < 4.78 is 18.4. The molecule has 0 saturated heterocycles. The fourth-order valence-corrected chi connectivity index (χ4v) is 5.21. The lowest BCUT2D eigenvalue weighted by Gasteiger charge is -2.19. The van der Waals surface area contributed by atoms with Crippen LogP contribution in [-0.4, -0.2) is 37.4 Å². The molecule has 0 spiro atoms. The number of aromatic nitrogens is 5. The van der Waals surface area contributed by atoms with Crippen LogP contribution in [0.4, 0.5) is 26.6 Å². The highest BCUT2D eigenvalue weighted by Gasteiger charge is 2.25. The summed E-state index contributed by atoms with van der Waals surface area (Å²) in [6, 6.07) is 5.78. The standard InChI is InChI=1S/C29H35FN8O2/c1-16-11-21(30)22(33-28(40)34-24-14-23(29(2,3)4)36-37(24)6)13-19(16)20-12-17-15-32-27(31-5)35-25(17)38(26(20)39)18-9-7-8-10-18/h11-15,18H,7-10H2,1-6H3,(H,31,32,35)(H2,33,34,40). The molecule has 2 amide bonds. The fourth-order valence-electron chi connectivity index (χ4n) is 5.21. The SMILES string of the molecule is CNc1ncc2cc(-c3cc(NC(=O)Nc4cc(C(C)(C)C)nn4C)c(F)cc3C)c(=O)n(C3CCCC3)c2n1. The summed E-state index contributed by atoms with van der Waals surface area (Å²) in [6.45, 7) is 7.83. The monoisotopic (exact) mass is 546 g/mol. The zero-order chi connectivity index (χ0) is 28.8. The second kappa shape index (κ2) is 10.4. The van der Waals surface area contributed by atoms with Crippen molar-refractivity contribution in [1.29, 1.82) is 0 Å². The first kappa shape index (κ1) is 27.3. The Bertz CT molecular complexity index is 1660. The smallest absolute Gasteiger partial charge is 0.324 e. The van der Waals surface area contributed by atoms with Gasteiger partial charge < -0.3 is 10.6 Å². The van der Waals surface area contributed by atoms with Gasteiger partial charge in [-0.05, 0) is 49.1 Å². The quantitative estimate of drug-likeness (QED) is 0.294. The van der Waals surface area contributed by atoms with Gasteiger partial charge in [0.25, 0.3) is 5.56 Å². The molecule has 3 heterocycles. The van der Waals surface area contributed by atoms with E-state index in [1.165, 1.54) is 12.1 Å². The summed E-state index contributed by atoms with van der Waals surface area (Å²) in [5.41, 5.74) is 2.47. The number of carbonyl (C=O) groups excluding carboxylic acids is 1. The van der Waals surface area contributed by atoms with Crippen molar-refractivity contribution >= 4 is 34.5 Å². The number of aryl methyl sites for hydroxylation is 2. The summed E-state index contributed by atoms with van der Waals surface area (Å²) in [4.78, 5) is 35.8. The highest BCUT2D eigenvalue weighted by Crippen LogP contribution is 2.34. The number of urea groups is 1. The van der Waals surface area contributed by atoms with E-state index in [0.717, 1.165) is 31.4 Å². The molecule has 1 aromatic carbocycles. The molecule has 0 unspecified atom stereocenters. The number of pyridine rings is 1. The third kappa shape index (κ3) is 5.15. The first-order valence-corrected chi connectivity index (χ1v) is 13.5. The van der Waals surface area contributed by atoms with Crippen molar-refractivity contribution in [2.24, 2.45) is 7.05 Å². The average molecular weight is 547 g/mol. The Morgan fingerprint density at radius 2 is 1.80 bits per heavy atom. The minimum atomic E-state index is -0.618. The van der Waals surface area contributed by atoms with Crippen molar-refractivity contribution in [2.45, 2.75) is 64.8 Å². The zero-order valence-corrected chi connectivity index (χ0v) is 23.7. The summed E-state index contributed by atoms with van der Waals surface area (Å²) in [5, 5.41) is 13.5. The number of nitrogens with zero attached hydrogens (tertiary/aromatic N) is 5. The van der Waals surface area contributed by atoms with Crippen molar-refractivity contribution < 1.29 is 9.18 Å². The Morgan fingerprint density at radius 1 is 1.07 bits per heavy atom. The molecule has 1 aliphatic rings. The minimum Gasteiger partial charge on any atom is -0.357 e. The van der Waals surface area contributed by atoms with E-state index in [0.29, 0.717) is 39.5 Å². The summed E-state index contributed by atoms with van der Waals surface area (Å²) in [6.07, 6.45) is 5.54. The lowest BCUT2D eigenvalue weighted by molar-refractivity contribution is 0.262. The second-order valence-corrected chi connectivity index (χ2v) is 11.4. The van der Waals surface area contributed by atoms with Crippen LogP contribution in [0.5, 0.6) is 0 Å². The lowest BCUT2D eigenvalue weighted by atomic mass is 9.92. The van der Waals surface area contributed by atoms with Crippen molar-refractivity contribution in [3.63, 3.8) is 0 Å². The zero-order valence-electron chi connectivity index (χ0n) is 23.7. The van der Waals surface area contributed by atoms with Crippen LogP contribution >= 0.6 is 0 Å². The number of hydrogen-bond acceptors (Lipinski definition) is 6. The molecule has 10 nitrogen and oxygen atoms in total. The topological polar surface area (TPSA) is 119 Å². The van der Waals surface area contributed by atoms with Crippen LogP contribution in [0.15, 0.2) is 35.3 Å². The number of halogens is 1. The van der Waals surface area contributed by atoms with Gasteiger partial charge in [-0.1, -0.05) is 33.6 Å². The van der Waals surface area contributed by atoms with Gasteiger partial charge in [-0.25, -0.2) is 14.2 Å².